The van der Waals surface area contributed by atoms with Crippen LogP contribution in [-0.2, 0) is 9.53 Å². The first kappa shape index (κ1) is 23.2. The Morgan fingerprint density at radius 1 is 1.48 bits per heavy atom. The molecule has 1 saturated heterocycles. The minimum atomic E-state index is -0.137. The average Bonchev–Trinajstić information content (AvgIpc) is 3.20. The van der Waals surface area contributed by atoms with E-state index in [1.54, 1.807) is 19.2 Å². The molecule has 0 spiro atoms. The van der Waals surface area contributed by atoms with Gasteiger partial charge in [-0.15, -0.1) is 0 Å². The monoisotopic (exact) mass is 401 g/mol. The van der Waals surface area contributed by atoms with Gasteiger partial charge in [0, 0.05) is 18.8 Å². The van der Waals surface area contributed by atoms with Crippen LogP contribution in [0.15, 0.2) is 28.9 Å². The second-order valence-electron chi connectivity index (χ2n) is 7.61. The van der Waals surface area contributed by atoms with E-state index in [1.807, 2.05) is 10.7 Å². The van der Waals surface area contributed by atoms with Gasteiger partial charge in [-0.25, -0.2) is 9.67 Å². The van der Waals surface area contributed by atoms with Crippen molar-refractivity contribution in [2.24, 2.45) is 10.9 Å². The predicted octanol–water partition coefficient (Wildman–Crippen LogP) is 3.91. The normalized spacial score (nSPS) is 20.3. The summed E-state index contributed by atoms with van der Waals surface area (Å²) >= 11 is 0. The van der Waals surface area contributed by atoms with E-state index in [9.17, 15) is 4.79 Å². The second-order valence-corrected chi connectivity index (χ2v) is 7.61. The summed E-state index contributed by atoms with van der Waals surface area (Å²) in [4.78, 5) is 16.0. The number of amidine groups is 1. The number of allylic oxidation sites excluding steroid dienone is 1. The molecular formula is C22H35N5O2. The molecule has 2 rings (SSSR count). The SMILES string of the molecule is CCNC(C/C(=C\C=O)C(=NC(C)=N)c1ccnn1C1CCCCO1)C(C)CC. The fourth-order valence-corrected chi connectivity index (χ4v) is 3.69. The zero-order valence-corrected chi connectivity index (χ0v) is 18.1. The van der Waals surface area contributed by atoms with E-state index in [4.69, 9.17) is 10.1 Å². The number of nitrogens with zero attached hydrogens (tertiary/aromatic N) is 3. The number of carbonyl (C=O) groups is 1. The number of carbonyl (C=O) groups excluding carboxylic acids is 1. The van der Waals surface area contributed by atoms with Crippen molar-refractivity contribution < 1.29 is 9.53 Å². The average molecular weight is 402 g/mol. The van der Waals surface area contributed by atoms with Crippen LogP contribution in [-0.4, -0.2) is 46.8 Å². The molecule has 0 aromatic carbocycles. The lowest BCUT2D eigenvalue weighted by Crippen LogP contribution is -2.36. The number of hydrogen-bond acceptors (Lipinski definition) is 5. The van der Waals surface area contributed by atoms with Crippen LogP contribution in [0, 0.1) is 11.3 Å². The Morgan fingerprint density at radius 3 is 2.86 bits per heavy atom. The van der Waals surface area contributed by atoms with Gasteiger partial charge >= 0.3 is 0 Å². The van der Waals surface area contributed by atoms with Gasteiger partial charge in [0.2, 0.25) is 0 Å². The Kier molecular flexibility index (Phi) is 9.41. The third-order valence-corrected chi connectivity index (χ3v) is 5.43. The standard InChI is InChI=1S/C22H35N5O2/c1-5-16(3)19(24-6-2)15-18(11-13-28)22(26-17(4)23)20-10-12-25-27(20)21-9-7-8-14-29-21/h10-13,16,19,21,23-24H,5-9,14-15H2,1-4H3/b18-11+,23-17?,26-22?. The largest absolute Gasteiger partial charge is 0.356 e. The highest BCUT2D eigenvalue weighted by atomic mass is 16.5. The van der Waals surface area contributed by atoms with Crippen LogP contribution >= 0.6 is 0 Å². The lowest BCUT2D eigenvalue weighted by atomic mass is 9.90. The summed E-state index contributed by atoms with van der Waals surface area (Å²) in [5.74, 6) is 0.636. The summed E-state index contributed by atoms with van der Waals surface area (Å²) in [6.45, 7) is 9.69. The molecule has 2 N–H and O–H groups in total. The van der Waals surface area contributed by atoms with Crippen LogP contribution < -0.4 is 5.32 Å². The Labute approximate surface area is 174 Å². The number of rotatable bonds is 10. The van der Waals surface area contributed by atoms with E-state index >= 15 is 0 Å². The van der Waals surface area contributed by atoms with Crippen LogP contribution in [0.2, 0.25) is 0 Å². The Bertz CT molecular complexity index is 731. The fraction of sp³-hybridized carbons (Fsp3) is 0.636. The maximum absolute atomic E-state index is 11.5. The molecule has 3 atom stereocenters. The number of aliphatic imine (C=N–C) groups is 1. The van der Waals surface area contributed by atoms with Crippen LogP contribution in [0.3, 0.4) is 0 Å². The van der Waals surface area contributed by atoms with E-state index in [0.717, 1.165) is 49.8 Å². The first-order valence-corrected chi connectivity index (χ1v) is 10.7. The highest BCUT2D eigenvalue weighted by Crippen LogP contribution is 2.26. The van der Waals surface area contributed by atoms with Crippen molar-refractivity contribution >= 4 is 17.8 Å². The molecule has 3 unspecified atom stereocenters. The molecule has 1 fully saturated rings. The lowest BCUT2D eigenvalue weighted by molar-refractivity contribution is -0.104. The third kappa shape index (κ3) is 6.44. The second kappa shape index (κ2) is 11.8. The predicted molar refractivity (Wildman–Crippen MR) is 117 cm³/mol. The van der Waals surface area contributed by atoms with Gasteiger partial charge in [0.05, 0.1) is 11.4 Å². The summed E-state index contributed by atoms with van der Waals surface area (Å²) in [7, 11) is 0. The van der Waals surface area contributed by atoms with Crippen molar-refractivity contribution in [1.29, 1.82) is 5.41 Å². The summed E-state index contributed by atoms with van der Waals surface area (Å²) in [6, 6.07) is 2.11. The molecule has 0 bridgehead atoms. The van der Waals surface area contributed by atoms with Crippen molar-refractivity contribution in [1.82, 2.24) is 15.1 Å². The third-order valence-electron chi connectivity index (χ3n) is 5.43. The first-order chi connectivity index (χ1) is 14.0. The number of aromatic nitrogens is 2. The molecule has 0 saturated carbocycles. The zero-order chi connectivity index (χ0) is 21.2. The number of nitrogens with one attached hydrogen (secondary N) is 2. The molecule has 7 nitrogen and oxygen atoms in total. The maximum Gasteiger partial charge on any atom is 0.150 e. The van der Waals surface area contributed by atoms with Crippen LogP contribution in [0.1, 0.15) is 71.7 Å². The van der Waals surface area contributed by atoms with E-state index in [0.29, 0.717) is 24.7 Å². The van der Waals surface area contributed by atoms with Gasteiger partial charge in [-0.3, -0.25) is 10.2 Å². The summed E-state index contributed by atoms with van der Waals surface area (Å²) in [5.41, 5.74) is 2.23. The van der Waals surface area contributed by atoms with Gasteiger partial charge in [-0.2, -0.15) is 5.10 Å². The topological polar surface area (TPSA) is 92.4 Å². The summed E-state index contributed by atoms with van der Waals surface area (Å²) < 4.78 is 7.78. The molecule has 1 aromatic rings. The van der Waals surface area contributed by atoms with E-state index in [-0.39, 0.29) is 18.1 Å². The minimum Gasteiger partial charge on any atom is -0.356 e. The molecule has 1 aromatic heterocycles. The molecule has 0 amide bonds. The van der Waals surface area contributed by atoms with Crippen LogP contribution in [0.4, 0.5) is 0 Å². The van der Waals surface area contributed by atoms with E-state index in [1.165, 1.54) is 0 Å². The van der Waals surface area contributed by atoms with Gasteiger partial charge in [0.15, 0.2) is 6.23 Å². The maximum atomic E-state index is 11.5. The van der Waals surface area contributed by atoms with Gasteiger partial charge in [-0.1, -0.05) is 27.2 Å². The Balaban J connectivity index is 2.44. The molecule has 2 heterocycles. The van der Waals surface area contributed by atoms with Gasteiger partial charge in [0.1, 0.15) is 12.1 Å². The van der Waals surface area contributed by atoms with Crippen LogP contribution in [0.5, 0.6) is 0 Å². The summed E-state index contributed by atoms with van der Waals surface area (Å²) in [6.07, 6.45) is 8.72. The van der Waals surface area contributed by atoms with Crippen molar-refractivity contribution in [3.63, 3.8) is 0 Å². The zero-order valence-electron chi connectivity index (χ0n) is 18.1. The molecule has 7 heteroatoms. The van der Waals surface area contributed by atoms with Gasteiger partial charge in [0.25, 0.3) is 0 Å². The highest BCUT2D eigenvalue weighted by Gasteiger charge is 2.25. The molecule has 1 aliphatic rings. The van der Waals surface area contributed by atoms with Crippen LogP contribution in [0.25, 0.3) is 0 Å². The minimum absolute atomic E-state index is 0.137. The van der Waals surface area contributed by atoms with Gasteiger partial charge < -0.3 is 10.1 Å². The number of hydrogen-bond donors (Lipinski definition) is 2. The molecule has 160 valence electrons. The lowest BCUT2D eigenvalue weighted by Gasteiger charge is -2.27. The highest BCUT2D eigenvalue weighted by molar-refractivity contribution is 6.16. The van der Waals surface area contributed by atoms with Crippen molar-refractivity contribution in [2.75, 3.05) is 13.2 Å². The Hall–Kier alpha value is -2.12. The van der Waals surface area contributed by atoms with Crippen molar-refractivity contribution in [3.8, 4) is 0 Å². The molecule has 1 aliphatic heterocycles. The van der Waals surface area contributed by atoms with Gasteiger partial charge in [-0.05, 0) is 62.8 Å². The molecule has 0 aliphatic carbocycles. The fourth-order valence-electron chi connectivity index (χ4n) is 3.69. The Morgan fingerprint density at radius 2 is 2.28 bits per heavy atom. The first-order valence-electron chi connectivity index (χ1n) is 10.7. The van der Waals surface area contributed by atoms with Crippen molar-refractivity contribution in [3.05, 3.63) is 29.6 Å². The van der Waals surface area contributed by atoms with Crippen molar-refractivity contribution in [2.45, 2.75) is 72.1 Å². The molecule has 0 radical (unpaired) electrons. The van der Waals surface area contributed by atoms with E-state index < -0.39 is 0 Å². The molecular weight excluding hydrogens is 366 g/mol. The summed E-state index contributed by atoms with van der Waals surface area (Å²) in [5, 5.41) is 16.0. The number of aldehydes is 1. The smallest absolute Gasteiger partial charge is 0.150 e. The molecule has 29 heavy (non-hydrogen) atoms. The van der Waals surface area contributed by atoms with E-state index in [2.05, 4.69) is 36.2 Å². The quantitative estimate of drug-likeness (QED) is 0.269. The number of ether oxygens (including phenoxy) is 1.